The number of ether oxygens (including phenoxy) is 1. The second-order valence-corrected chi connectivity index (χ2v) is 8.51. The van der Waals surface area contributed by atoms with Gasteiger partial charge in [0.05, 0.1) is 18.7 Å². The van der Waals surface area contributed by atoms with Crippen molar-refractivity contribution >= 4 is 5.91 Å². The molecule has 6 heteroatoms. The maximum absolute atomic E-state index is 13.2. The van der Waals surface area contributed by atoms with Crippen LogP contribution in [0.15, 0.2) is 65.5 Å². The third-order valence-corrected chi connectivity index (χ3v) is 6.54. The normalized spacial score (nSPS) is 19.1. The van der Waals surface area contributed by atoms with E-state index in [1.54, 1.807) is 37.4 Å². The van der Waals surface area contributed by atoms with Gasteiger partial charge < -0.3 is 14.2 Å². The Kier molecular flexibility index (Phi) is 5.02. The lowest BCUT2D eigenvalue weighted by Gasteiger charge is -2.43. The highest BCUT2D eigenvalue weighted by Gasteiger charge is 2.38. The summed E-state index contributed by atoms with van der Waals surface area (Å²) in [6.07, 6.45) is 0.962. The van der Waals surface area contributed by atoms with E-state index in [0.29, 0.717) is 30.8 Å². The van der Waals surface area contributed by atoms with E-state index in [1.165, 1.54) is 0 Å². The standard InChI is InChI=1S/C26H23N3O3/c1-32-22-8-6-19(7-9-22)23-10-11-24(30)29-15-18-12-21(25(23)29)16-28(14-18)26(31)20-4-2-17(13-27)3-5-20/h2-11,18,21H,12,14-16H2,1H3/t18-,21-/m0/s1. The van der Waals surface area contributed by atoms with Crippen molar-refractivity contribution in [3.8, 4) is 22.9 Å². The monoisotopic (exact) mass is 425 g/mol. The molecule has 32 heavy (non-hydrogen) atoms. The summed E-state index contributed by atoms with van der Waals surface area (Å²) >= 11 is 0. The minimum Gasteiger partial charge on any atom is -0.497 e. The fourth-order valence-electron chi connectivity index (χ4n) is 5.07. The Bertz CT molecular complexity index is 1270. The fraction of sp³-hybridized carbons (Fsp3) is 0.269. The Labute approximate surface area is 186 Å². The van der Waals surface area contributed by atoms with Gasteiger partial charge in [-0.1, -0.05) is 12.1 Å². The minimum atomic E-state index is -0.0260. The van der Waals surface area contributed by atoms with Crippen LogP contribution in [0.25, 0.3) is 11.1 Å². The number of likely N-dealkylation sites (tertiary alicyclic amines) is 1. The molecule has 1 saturated heterocycles. The Hall–Kier alpha value is -3.85. The smallest absolute Gasteiger partial charge is 0.253 e. The number of nitriles is 1. The lowest BCUT2D eigenvalue weighted by atomic mass is 9.80. The third-order valence-electron chi connectivity index (χ3n) is 6.54. The summed E-state index contributed by atoms with van der Waals surface area (Å²) in [6.45, 7) is 1.82. The average molecular weight is 425 g/mol. The molecule has 0 radical (unpaired) electrons. The molecule has 6 nitrogen and oxygen atoms in total. The molecule has 1 fully saturated rings. The van der Waals surface area contributed by atoms with Crippen molar-refractivity contribution in [2.24, 2.45) is 5.92 Å². The van der Waals surface area contributed by atoms with E-state index in [1.807, 2.05) is 39.8 Å². The van der Waals surface area contributed by atoms with Crippen LogP contribution in [-0.4, -0.2) is 35.6 Å². The van der Waals surface area contributed by atoms with Crippen LogP contribution in [0, 0.1) is 17.2 Å². The number of benzene rings is 2. The molecule has 0 N–H and O–H groups in total. The van der Waals surface area contributed by atoms with Crippen LogP contribution in [0.3, 0.4) is 0 Å². The van der Waals surface area contributed by atoms with Crippen LogP contribution in [0.1, 0.15) is 34.0 Å². The molecule has 2 aromatic carbocycles. The van der Waals surface area contributed by atoms with Crippen molar-refractivity contribution in [1.82, 2.24) is 9.47 Å². The number of methoxy groups -OCH3 is 1. The van der Waals surface area contributed by atoms with Gasteiger partial charge in [-0.3, -0.25) is 9.59 Å². The molecular formula is C26H23N3O3. The summed E-state index contributed by atoms with van der Waals surface area (Å²) in [6, 6.07) is 20.3. The molecule has 2 atom stereocenters. The number of fused-ring (bicyclic) bond motifs is 4. The van der Waals surface area contributed by atoms with Crippen molar-refractivity contribution in [1.29, 1.82) is 5.26 Å². The molecule has 0 aliphatic carbocycles. The first-order chi connectivity index (χ1) is 15.6. The number of hydrogen-bond acceptors (Lipinski definition) is 4. The highest BCUT2D eigenvalue weighted by molar-refractivity contribution is 5.94. The van der Waals surface area contributed by atoms with Gasteiger partial charge in [-0.2, -0.15) is 5.26 Å². The molecule has 2 aliphatic rings. The van der Waals surface area contributed by atoms with E-state index in [0.717, 1.165) is 29.0 Å². The van der Waals surface area contributed by atoms with E-state index >= 15 is 0 Å². The van der Waals surface area contributed by atoms with Crippen LogP contribution in [0.5, 0.6) is 5.75 Å². The molecule has 1 amide bonds. The van der Waals surface area contributed by atoms with Crippen molar-refractivity contribution in [2.75, 3.05) is 20.2 Å². The predicted molar refractivity (Wildman–Crippen MR) is 121 cm³/mol. The van der Waals surface area contributed by atoms with Crippen LogP contribution >= 0.6 is 0 Å². The highest BCUT2D eigenvalue weighted by Crippen LogP contribution is 2.40. The highest BCUT2D eigenvalue weighted by atomic mass is 16.5. The summed E-state index contributed by atoms with van der Waals surface area (Å²) in [5.41, 5.74) is 4.21. The maximum Gasteiger partial charge on any atom is 0.253 e. The van der Waals surface area contributed by atoms with Crippen molar-refractivity contribution in [3.05, 3.63) is 87.8 Å². The molecule has 2 bridgehead atoms. The number of piperidine rings is 1. The average Bonchev–Trinajstić information content (AvgIpc) is 2.84. The first-order valence-corrected chi connectivity index (χ1v) is 10.7. The third kappa shape index (κ3) is 3.46. The lowest BCUT2D eigenvalue weighted by molar-refractivity contribution is 0.0595. The zero-order valence-corrected chi connectivity index (χ0v) is 17.8. The van der Waals surface area contributed by atoms with Gasteiger partial charge in [-0.05, 0) is 60.4 Å². The Morgan fingerprint density at radius 3 is 2.44 bits per heavy atom. The van der Waals surface area contributed by atoms with E-state index < -0.39 is 0 Å². The number of aromatic nitrogens is 1. The topological polar surface area (TPSA) is 75.3 Å². The molecule has 5 rings (SSSR count). The maximum atomic E-state index is 13.2. The second kappa shape index (κ2) is 8.01. The molecule has 1 aromatic heterocycles. The molecule has 2 aliphatic heterocycles. The first kappa shape index (κ1) is 20.1. The zero-order valence-electron chi connectivity index (χ0n) is 17.8. The Morgan fingerprint density at radius 1 is 1.00 bits per heavy atom. The van der Waals surface area contributed by atoms with Crippen LogP contribution < -0.4 is 10.3 Å². The Balaban J connectivity index is 1.50. The molecule has 160 valence electrons. The zero-order chi connectivity index (χ0) is 22.2. The molecular weight excluding hydrogens is 402 g/mol. The molecule has 0 spiro atoms. The van der Waals surface area contributed by atoms with Crippen molar-refractivity contribution in [3.63, 3.8) is 0 Å². The summed E-state index contributed by atoms with van der Waals surface area (Å²) in [5.74, 6) is 1.10. The number of rotatable bonds is 3. The van der Waals surface area contributed by atoms with Gasteiger partial charge in [0.15, 0.2) is 0 Å². The molecule has 0 unspecified atom stereocenters. The largest absolute Gasteiger partial charge is 0.497 e. The summed E-state index contributed by atoms with van der Waals surface area (Å²) < 4.78 is 7.19. The van der Waals surface area contributed by atoms with Crippen LogP contribution in [-0.2, 0) is 6.54 Å². The van der Waals surface area contributed by atoms with Crippen molar-refractivity contribution in [2.45, 2.75) is 18.9 Å². The quantitative estimate of drug-likeness (QED) is 0.642. The van der Waals surface area contributed by atoms with Crippen LogP contribution in [0.2, 0.25) is 0 Å². The van der Waals surface area contributed by atoms with Gasteiger partial charge in [-0.25, -0.2) is 0 Å². The van der Waals surface area contributed by atoms with Gasteiger partial charge in [0, 0.05) is 48.4 Å². The number of hydrogen-bond donors (Lipinski definition) is 0. The Morgan fingerprint density at radius 2 is 1.75 bits per heavy atom. The number of carbonyl (C=O) groups is 1. The van der Waals surface area contributed by atoms with Crippen molar-refractivity contribution < 1.29 is 9.53 Å². The number of carbonyl (C=O) groups excluding carboxylic acids is 1. The summed E-state index contributed by atoms with van der Waals surface area (Å²) in [7, 11) is 1.64. The molecule has 3 aromatic rings. The fourth-order valence-corrected chi connectivity index (χ4v) is 5.07. The number of amides is 1. The van der Waals surface area contributed by atoms with E-state index in [4.69, 9.17) is 10.00 Å². The van der Waals surface area contributed by atoms with Crippen LogP contribution in [0.4, 0.5) is 0 Å². The van der Waals surface area contributed by atoms with Gasteiger partial charge >= 0.3 is 0 Å². The molecule has 3 heterocycles. The summed E-state index contributed by atoms with van der Waals surface area (Å²) in [4.78, 5) is 27.8. The predicted octanol–water partition coefficient (Wildman–Crippen LogP) is 3.66. The van der Waals surface area contributed by atoms with E-state index in [9.17, 15) is 9.59 Å². The minimum absolute atomic E-state index is 0.0128. The number of nitrogens with zero attached hydrogens (tertiary/aromatic N) is 3. The lowest BCUT2D eigenvalue weighted by Crippen LogP contribution is -2.49. The number of pyridine rings is 1. The van der Waals surface area contributed by atoms with Gasteiger partial charge in [0.2, 0.25) is 0 Å². The molecule has 0 saturated carbocycles. The van der Waals surface area contributed by atoms with Gasteiger partial charge in [0.1, 0.15) is 5.75 Å². The van der Waals surface area contributed by atoms with E-state index in [2.05, 4.69) is 6.07 Å². The second-order valence-electron chi connectivity index (χ2n) is 8.51. The SMILES string of the molecule is COc1ccc(-c2ccc(=O)n3c2[C@H]2C[C@@H](CN(C(=O)c4ccc(C#N)cc4)C2)C3)cc1. The summed E-state index contributed by atoms with van der Waals surface area (Å²) in [5, 5.41) is 9.01. The first-order valence-electron chi connectivity index (χ1n) is 10.7. The van der Waals surface area contributed by atoms with E-state index in [-0.39, 0.29) is 23.3 Å². The van der Waals surface area contributed by atoms with Gasteiger partial charge in [0.25, 0.3) is 11.5 Å². The van der Waals surface area contributed by atoms with Gasteiger partial charge in [-0.15, -0.1) is 0 Å².